The molecule has 1 aromatic carbocycles. The van der Waals surface area contributed by atoms with Crippen molar-refractivity contribution in [1.82, 2.24) is 0 Å². The SMILES string of the molecule is CC1(C)COCCN1c1cc(Br)ccc1CCN. The van der Waals surface area contributed by atoms with Crippen molar-refractivity contribution in [3.05, 3.63) is 28.2 Å². The highest BCUT2D eigenvalue weighted by molar-refractivity contribution is 9.10. The monoisotopic (exact) mass is 312 g/mol. The van der Waals surface area contributed by atoms with Gasteiger partial charge in [-0.15, -0.1) is 0 Å². The molecule has 1 fully saturated rings. The fourth-order valence-electron chi connectivity index (χ4n) is 2.46. The first-order valence-electron chi connectivity index (χ1n) is 6.38. The summed E-state index contributed by atoms with van der Waals surface area (Å²) in [6.07, 6.45) is 0.913. The third-order valence-corrected chi connectivity index (χ3v) is 3.89. The van der Waals surface area contributed by atoms with E-state index in [1.807, 2.05) is 0 Å². The highest BCUT2D eigenvalue weighted by Crippen LogP contribution is 2.32. The van der Waals surface area contributed by atoms with Crippen molar-refractivity contribution in [2.24, 2.45) is 5.73 Å². The molecule has 0 spiro atoms. The van der Waals surface area contributed by atoms with Crippen LogP contribution < -0.4 is 10.6 Å². The third kappa shape index (κ3) is 2.87. The van der Waals surface area contributed by atoms with Crippen LogP contribution in [-0.4, -0.2) is 31.8 Å². The maximum atomic E-state index is 5.71. The van der Waals surface area contributed by atoms with Gasteiger partial charge < -0.3 is 15.4 Å². The summed E-state index contributed by atoms with van der Waals surface area (Å²) in [5, 5.41) is 0. The zero-order chi connectivity index (χ0) is 13.2. The number of ether oxygens (including phenoxy) is 1. The van der Waals surface area contributed by atoms with Gasteiger partial charge in [0.25, 0.3) is 0 Å². The first-order chi connectivity index (χ1) is 8.54. The van der Waals surface area contributed by atoms with Crippen LogP contribution >= 0.6 is 15.9 Å². The van der Waals surface area contributed by atoms with Gasteiger partial charge >= 0.3 is 0 Å². The van der Waals surface area contributed by atoms with Crippen molar-refractivity contribution in [2.45, 2.75) is 25.8 Å². The Kier molecular flexibility index (Phi) is 4.30. The van der Waals surface area contributed by atoms with Gasteiger partial charge in [-0.25, -0.2) is 0 Å². The lowest BCUT2D eigenvalue weighted by Gasteiger charge is -2.44. The molecule has 1 saturated heterocycles. The Hall–Kier alpha value is -0.580. The molecule has 0 saturated carbocycles. The van der Waals surface area contributed by atoms with Gasteiger partial charge in [0.2, 0.25) is 0 Å². The molecule has 3 nitrogen and oxygen atoms in total. The van der Waals surface area contributed by atoms with E-state index in [1.165, 1.54) is 11.3 Å². The van der Waals surface area contributed by atoms with Gasteiger partial charge in [-0.05, 0) is 44.5 Å². The van der Waals surface area contributed by atoms with Gasteiger partial charge in [0, 0.05) is 16.7 Å². The van der Waals surface area contributed by atoms with Crippen LogP contribution in [0.2, 0.25) is 0 Å². The maximum Gasteiger partial charge on any atom is 0.0694 e. The minimum absolute atomic E-state index is 0.0302. The van der Waals surface area contributed by atoms with Gasteiger partial charge in [-0.2, -0.15) is 0 Å². The Morgan fingerprint density at radius 2 is 2.22 bits per heavy atom. The molecule has 1 aliphatic heterocycles. The lowest BCUT2D eigenvalue weighted by atomic mass is 9.99. The van der Waals surface area contributed by atoms with E-state index in [4.69, 9.17) is 10.5 Å². The molecular formula is C14H21BrN2O. The smallest absolute Gasteiger partial charge is 0.0694 e. The fourth-order valence-corrected chi connectivity index (χ4v) is 2.81. The average molecular weight is 313 g/mol. The molecule has 0 unspecified atom stereocenters. The number of anilines is 1. The Morgan fingerprint density at radius 1 is 1.44 bits per heavy atom. The van der Waals surface area contributed by atoms with E-state index in [9.17, 15) is 0 Å². The summed E-state index contributed by atoms with van der Waals surface area (Å²) in [5.41, 5.74) is 8.34. The van der Waals surface area contributed by atoms with Crippen molar-refractivity contribution in [2.75, 3.05) is 31.2 Å². The van der Waals surface area contributed by atoms with Crippen LogP contribution in [0, 0.1) is 0 Å². The van der Waals surface area contributed by atoms with Gasteiger partial charge in [0.15, 0.2) is 0 Å². The van der Waals surface area contributed by atoms with Crippen LogP contribution in [0.15, 0.2) is 22.7 Å². The summed E-state index contributed by atoms with van der Waals surface area (Å²) >= 11 is 3.56. The van der Waals surface area contributed by atoms with Crippen molar-refractivity contribution in [3.8, 4) is 0 Å². The van der Waals surface area contributed by atoms with E-state index in [2.05, 4.69) is 52.9 Å². The Balaban J connectivity index is 2.38. The average Bonchev–Trinajstić information content (AvgIpc) is 2.31. The molecule has 2 rings (SSSR count). The Bertz CT molecular complexity index is 420. The molecule has 0 bridgehead atoms. The second-order valence-corrected chi connectivity index (χ2v) is 6.24. The van der Waals surface area contributed by atoms with Crippen LogP contribution in [0.25, 0.3) is 0 Å². The van der Waals surface area contributed by atoms with E-state index < -0.39 is 0 Å². The van der Waals surface area contributed by atoms with E-state index in [0.29, 0.717) is 6.54 Å². The van der Waals surface area contributed by atoms with Crippen LogP contribution in [-0.2, 0) is 11.2 Å². The van der Waals surface area contributed by atoms with Crippen LogP contribution in [0.4, 0.5) is 5.69 Å². The van der Waals surface area contributed by atoms with Crippen molar-refractivity contribution in [1.29, 1.82) is 0 Å². The molecule has 4 heteroatoms. The lowest BCUT2D eigenvalue weighted by Crippen LogP contribution is -2.53. The van der Waals surface area contributed by atoms with E-state index in [1.54, 1.807) is 0 Å². The van der Waals surface area contributed by atoms with Crippen LogP contribution in [0.1, 0.15) is 19.4 Å². The zero-order valence-electron chi connectivity index (χ0n) is 11.1. The number of nitrogens with zero attached hydrogens (tertiary/aromatic N) is 1. The molecule has 0 aromatic heterocycles. The normalized spacial score (nSPS) is 19.0. The molecular weight excluding hydrogens is 292 g/mol. The number of hydrogen-bond acceptors (Lipinski definition) is 3. The topological polar surface area (TPSA) is 38.5 Å². The first-order valence-corrected chi connectivity index (χ1v) is 7.18. The predicted octanol–water partition coefficient (Wildman–Crippen LogP) is 2.57. The Labute approximate surface area is 117 Å². The quantitative estimate of drug-likeness (QED) is 0.932. The molecule has 0 amide bonds. The number of halogens is 1. The first kappa shape index (κ1) is 13.8. The zero-order valence-corrected chi connectivity index (χ0v) is 12.7. The third-order valence-electron chi connectivity index (χ3n) is 3.40. The van der Waals surface area contributed by atoms with E-state index in [0.717, 1.165) is 30.7 Å². The van der Waals surface area contributed by atoms with E-state index in [-0.39, 0.29) is 5.54 Å². The number of nitrogens with two attached hydrogens (primary N) is 1. The molecule has 0 atom stereocenters. The molecule has 0 radical (unpaired) electrons. The molecule has 1 aromatic rings. The number of benzene rings is 1. The summed E-state index contributed by atoms with van der Waals surface area (Å²) in [6, 6.07) is 6.44. The summed E-state index contributed by atoms with van der Waals surface area (Å²) in [5.74, 6) is 0. The molecule has 18 heavy (non-hydrogen) atoms. The van der Waals surface area contributed by atoms with Crippen LogP contribution in [0.5, 0.6) is 0 Å². The van der Waals surface area contributed by atoms with Gasteiger partial charge in [-0.1, -0.05) is 22.0 Å². The summed E-state index contributed by atoms with van der Waals surface area (Å²) in [4.78, 5) is 2.44. The highest BCUT2D eigenvalue weighted by Gasteiger charge is 2.31. The molecule has 1 aliphatic rings. The predicted molar refractivity (Wildman–Crippen MR) is 79.1 cm³/mol. The largest absolute Gasteiger partial charge is 0.377 e. The molecule has 1 heterocycles. The van der Waals surface area contributed by atoms with Crippen molar-refractivity contribution >= 4 is 21.6 Å². The number of rotatable bonds is 3. The van der Waals surface area contributed by atoms with E-state index >= 15 is 0 Å². The molecule has 0 aliphatic carbocycles. The summed E-state index contributed by atoms with van der Waals surface area (Å²) in [7, 11) is 0. The Morgan fingerprint density at radius 3 is 2.89 bits per heavy atom. The second kappa shape index (κ2) is 5.59. The minimum atomic E-state index is 0.0302. The number of morpholine rings is 1. The van der Waals surface area contributed by atoms with Crippen molar-refractivity contribution in [3.63, 3.8) is 0 Å². The number of hydrogen-bond donors (Lipinski definition) is 1. The van der Waals surface area contributed by atoms with Crippen LogP contribution in [0.3, 0.4) is 0 Å². The van der Waals surface area contributed by atoms with Gasteiger partial charge in [0.05, 0.1) is 18.8 Å². The summed E-state index contributed by atoms with van der Waals surface area (Å²) < 4.78 is 6.70. The molecule has 2 N–H and O–H groups in total. The minimum Gasteiger partial charge on any atom is -0.377 e. The lowest BCUT2D eigenvalue weighted by molar-refractivity contribution is 0.0643. The fraction of sp³-hybridized carbons (Fsp3) is 0.571. The van der Waals surface area contributed by atoms with Crippen molar-refractivity contribution < 1.29 is 4.74 Å². The van der Waals surface area contributed by atoms with Gasteiger partial charge in [0.1, 0.15) is 0 Å². The highest BCUT2D eigenvalue weighted by atomic mass is 79.9. The second-order valence-electron chi connectivity index (χ2n) is 5.33. The summed E-state index contributed by atoms with van der Waals surface area (Å²) in [6.45, 7) is 7.61. The standard InChI is InChI=1S/C14H21BrN2O/c1-14(2)10-18-8-7-17(14)13-9-12(15)4-3-11(13)5-6-16/h3-4,9H,5-8,10,16H2,1-2H3. The van der Waals surface area contributed by atoms with Gasteiger partial charge in [-0.3, -0.25) is 0 Å². The molecule has 100 valence electrons. The maximum absolute atomic E-state index is 5.71.